The molecule has 0 saturated heterocycles. The fourth-order valence-corrected chi connectivity index (χ4v) is 3.04. The Morgan fingerprint density at radius 3 is 2.71 bits per heavy atom. The Balaban J connectivity index is 2.14. The van der Waals surface area contributed by atoms with Crippen LogP contribution in [-0.2, 0) is 0 Å². The Labute approximate surface area is 123 Å². The third-order valence-electron chi connectivity index (χ3n) is 4.27. The third-order valence-corrected chi connectivity index (χ3v) is 4.27. The Bertz CT molecular complexity index is 559. The van der Waals surface area contributed by atoms with Crippen molar-refractivity contribution in [1.82, 2.24) is 5.32 Å². The number of nitrogens with zero attached hydrogens (tertiary/aromatic N) is 1. The quantitative estimate of drug-likeness (QED) is 0.508. The first kappa shape index (κ1) is 15.3. The van der Waals surface area contributed by atoms with Crippen LogP contribution < -0.4 is 11.1 Å². The zero-order valence-electron chi connectivity index (χ0n) is 12.3. The molecular formula is C15H21N3O3. The molecule has 0 radical (unpaired) electrons. The van der Waals surface area contributed by atoms with Gasteiger partial charge in [-0.05, 0) is 37.2 Å². The minimum atomic E-state index is -0.572. The Hall–Kier alpha value is -2.11. The highest BCUT2D eigenvalue weighted by molar-refractivity contribution is 6.01. The number of amides is 1. The van der Waals surface area contributed by atoms with Crippen molar-refractivity contribution in [2.75, 3.05) is 5.73 Å². The molecule has 0 bridgehead atoms. The van der Waals surface area contributed by atoms with Crippen molar-refractivity contribution in [1.29, 1.82) is 0 Å². The van der Waals surface area contributed by atoms with E-state index in [9.17, 15) is 14.9 Å². The number of rotatable bonds is 3. The molecule has 1 fully saturated rings. The lowest BCUT2D eigenvalue weighted by atomic mass is 9.80. The van der Waals surface area contributed by atoms with E-state index in [1.54, 1.807) is 0 Å². The summed E-state index contributed by atoms with van der Waals surface area (Å²) in [6.45, 7) is 4.34. The average molecular weight is 291 g/mol. The third kappa shape index (κ3) is 3.32. The first-order chi connectivity index (χ1) is 9.90. The molecule has 3 unspecified atom stereocenters. The molecule has 2 rings (SSSR count). The molecule has 21 heavy (non-hydrogen) atoms. The SMILES string of the molecule is CC1CCC(NC(=O)c2cccc([N+](=O)[O-])c2N)C(C)C1. The summed E-state index contributed by atoms with van der Waals surface area (Å²) in [6.07, 6.45) is 3.10. The summed E-state index contributed by atoms with van der Waals surface area (Å²) in [7, 11) is 0. The topological polar surface area (TPSA) is 98.3 Å². The fraction of sp³-hybridized carbons (Fsp3) is 0.533. The summed E-state index contributed by atoms with van der Waals surface area (Å²) < 4.78 is 0. The number of anilines is 1. The number of carbonyl (C=O) groups excluding carboxylic acids is 1. The van der Waals surface area contributed by atoms with Crippen LogP contribution in [0.25, 0.3) is 0 Å². The van der Waals surface area contributed by atoms with Crippen LogP contribution in [0.5, 0.6) is 0 Å². The highest BCUT2D eigenvalue weighted by atomic mass is 16.6. The maximum atomic E-state index is 12.3. The summed E-state index contributed by atoms with van der Waals surface area (Å²) in [5.74, 6) is 0.747. The van der Waals surface area contributed by atoms with Crippen molar-refractivity contribution in [3.05, 3.63) is 33.9 Å². The molecule has 1 aromatic rings. The molecule has 114 valence electrons. The number of hydrogen-bond acceptors (Lipinski definition) is 4. The molecule has 6 heteroatoms. The Morgan fingerprint density at radius 2 is 2.10 bits per heavy atom. The second kappa shape index (κ2) is 6.11. The van der Waals surface area contributed by atoms with Crippen LogP contribution in [0.15, 0.2) is 18.2 Å². The Kier molecular flexibility index (Phi) is 4.45. The van der Waals surface area contributed by atoms with Gasteiger partial charge in [-0.3, -0.25) is 14.9 Å². The van der Waals surface area contributed by atoms with Gasteiger partial charge in [0.05, 0.1) is 10.5 Å². The van der Waals surface area contributed by atoms with E-state index in [0.29, 0.717) is 11.8 Å². The molecule has 1 aromatic carbocycles. The molecule has 3 atom stereocenters. The normalized spacial score (nSPS) is 25.3. The van der Waals surface area contributed by atoms with E-state index in [-0.39, 0.29) is 28.9 Å². The van der Waals surface area contributed by atoms with Gasteiger partial charge in [-0.15, -0.1) is 0 Å². The summed E-state index contributed by atoms with van der Waals surface area (Å²) >= 11 is 0. The standard InChI is InChI=1S/C15H21N3O3/c1-9-6-7-12(10(2)8-9)17-15(19)11-4-3-5-13(14(11)16)18(20)21/h3-5,9-10,12H,6-8,16H2,1-2H3,(H,17,19). The maximum absolute atomic E-state index is 12.3. The first-order valence-electron chi connectivity index (χ1n) is 7.24. The predicted molar refractivity (Wildman–Crippen MR) is 80.9 cm³/mol. The van der Waals surface area contributed by atoms with Crippen LogP contribution in [0, 0.1) is 22.0 Å². The summed E-state index contributed by atoms with van der Waals surface area (Å²) in [6, 6.07) is 4.41. The first-order valence-corrected chi connectivity index (χ1v) is 7.24. The van der Waals surface area contributed by atoms with Crippen molar-refractivity contribution >= 4 is 17.3 Å². The monoisotopic (exact) mass is 291 g/mol. The van der Waals surface area contributed by atoms with Crippen LogP contribution in [0.3, 0.4) is 0 Å². The molecule has 0 aromatic heterocycles. The lowest BCUT2D eigenvalue weighted by Gasteiger charge is -2.33. The van der Waals surface area contributed by atoms with Gasteiger partial charge in [-0.25, -0.2) is 0 Å². The van der Waals surface area contributed by atoms with Crippen LogP contribution in [0.1, 0.15) is 43.5 Å². The zero-order valence-corrected chi connectivity index (χ0v) is 12.3. The Morgan fingerprint density at radius 1 is 1.38 bits per heavy atom. The molecule has 6 nitrogen and oxygen atoms in total. The second-order valence-corrected chi connectivity index (χ2v) is 5.97. The number of benzene rings is 1. The maximum Gasteiger partial charge on any atom is 0.292 e. The number of nitrogens with two attached hydrogens (primary N) is 1. The van der Waals surface area contributed by atoms with Gasteiger partial charge in [0, 0.05) is 12.1 Å². The molecule has 1 saturated carbocycles. The molecule has 0 aliphatic heterocycles. The van der Waals surface area contributed by atoms with E-state index in [1.165, 1.54) is 18.2 Å². The summed E-state index contributed by atoms with van der Waals surface area (Å²) in [5, 5.41) is 13.8. The number of nitro benzene ring substituents is 1. The minimum Gasteiger partial charge on any atom is -0.393 e. The molecule has 1 aliphatic carbocycles. The zero-order chi connectivity index (χ0) is 15.6. The van der Waals surface area contributed by atoms with E-state index in [2.05, 4.69) is 19.2 Å². The lowest BCUT2D eigenvalue weighted by molar-refractivity contribution is -0.383. The number of hydrogen-bond donors (Lipinski definition) is 2. The van der Waals surface area contributed by atoms with Gasteiger partial charge in [-0.2, -0.15) is 0 Å². The summed E-state index contributed by atoms with van der Waals surface area (Å²) in [5.41, 5.74) is 5.62. The average Bonchev–Trinajstić information content (AvgIpc) is 2.41. The highest BCUT2D eigenvalue weighted by Crippen LogP contribution is 2.30. The van der Waals surface area contributed by atoms with Crippen molar-refractivity contribution < 1.29 is 9.72 Å². The molecule has 1 aliphatic rings. The number of nitrogen functional groups attached to an aromatic ring is 1. The summed E-state index contributed by atoms with van der Waals surface area (Å²) in [4.78, 5) is 22.6. The van der Waals surface area contributed by atoms with E-state index < -0.39 is 4.92 Å². The van der Waals surface area contributed by atoms with Crippen molar-refractivity contribution in [3.8, 4) is 0 Å². The minimum absolute atomic E-state index is 0.0724. The van der Waals surface area contributed by atoms with E-state index >= 15 is 0 Å². The van der Waals surface area contributed by atoms with E-state index in [0.717, 1.165) is 19.3 Å². The van der Waals surface area contributed by atoms with Gasteiger partial charge in [0.25, 0.3) is 11.6 Å². The fourth-order valence-electron chi connectivity index (χ4n) is 3.04. The van der Waals surface area contributed by atoms with Crippen molar-refractivity contribution in [2.45, 2.75) is 39.2 Å². The lowest BCUT2D eigenvalue weighted by Crippen LogP contribution is -2.42. The van der Waals surface area contributed by atoms with Gasteiger partial charge in [0.2, 0.25) is 0 Å². The number of nitrogens with one attached hydrogen (secondary N) is 1. The van der Waals surface area contributed by atoms with Gasteiger partial charge in [-0.1, -0.05) is 19.9 Å². The van der Waals surface area contributed by atoms with Crippen LogP contribution in [0.4, 0.5) is 11.4 Å². The van der Waals surface area contributed by atoms with Crippen LogP contribution >= 0.6 is 0 Å². The smallest absolute Gasteiger partial charge is 0.292 e. The van der Waals surface area contributed by atoms with Crippen molar-refractivity contribution in [2.24, 2.45) is 11.8 Å². The van der Waals surface area contributed by atoms with Gasteiger partial charge < -0.3 is 11.1 Å². The molecule has 1 amide bonds. The second-order valence-electron chi connectivity index (χ2n) is 5.97. The molecular weight excluding hydrogens is 270 g/mol. The van der Waals surface area contributed by atoms with Crippen molar-refractivity contribution in [3.63, 3.8) is 0 Å². The van der Waals surface area contributed by atoms with Crippen LogP contribution in [0.2, 0.25) is 0 Å². The number of carbonyl (C=O) groups is 1. The van der Waals surface area contributed by atoms with Gasteiger partial charge in [0.15, 0.2) is 0 Å². The predicted octanol–water partition coefficient (Wildman–Crippen LogP) is 2.73. The van der Waals surface area contributed by atoms with E-state index in [1.807, 2.05) is 0 Å². The molecule has 0 spiro atoms. The van der Waals surface area contributed by atoms with Gasteiger partial charge >= 0.3 is 0 Å². The molecule has 0 heterocycles. The van der Waals surface area contributed by atoms with E-state index in [4.69, 9.17) is 5.73 Å². The van der Waals surface area contributed by atoms with Crippen LogP contribution in [-0.4, -0.2) is 16.9 Å². The molecule has 3 N–H and O–H groups in total. The largest absolute Gasteiger partial charge is 0.393 e. The van der Waals surface area contributed by atoms with Gasteiger partial charge in [0.1, 0.15) is 5.69 Å². The number of nitro groups is 1. The highest BCUT2D eigenvalue weighted by Gasteiger charge is 2.28. The number of para-hydroxylation sites is 1.